The fourth-order valence-electron chi connectivity index (χ4n) is 5.25. The first-order valence-electron chi connectivity index (χ1n) is 14.9. The molecule has 7 nitrogen and oxygen atoms in total. The van der Waals surface area contributed by atoms with Crippen LogP contribution in [0.4, 0.5) is 0 Å². The van der Waals surface area contributed by atoms with Gasteiger partial charge in [0.15, 0.2) is 5.11 Å². The summed E-state index contributed by atoms with van der Waals surface area (Å²) in [4.78, 5) is 0. The van der Waals surface area contributed by atoms with Gasteiger partial charge >= 0.3 is 0 Å². The molecule has 1 aliphatic rings. The van der Waals surface area contributed by atoms with Crippen molar-refractivity contribution in [2.75, 3.05) is 13.2 Å². The lowest BCUT2D eigenvalue weighted by molar-refractivity contribution is -0.271. The summed E-state index contributed by atoms with van der Waals surface area (Å²) in [5.74, 6) is 0. The minimum absolute atomic E-state index is 0.191. The van der Waals surface area contributed by atoms with Crippen LogP contribution in [-0.4, -0.2) is 48.8 Å². The van der Waals surface area contributed by atoms with Gasteiger partial charge in [-0.05, 0) is 34.5 Å². The second kappa shape index (κ2) is 17.0. The van der Waals surface area contributed by atoms with Crippen molar-refractivity contribution in [1.82, 2.24) is 5.32 Å². The standard InChI is InChI=1S/C36H40N2O5S/c37-36(44)38-21-31-33(40-23-28-15-7-2-8-16-28)35(42-25-30-19-11-4-12-20-30)34(41-24-29-17-9-3-10-18-29)32(43-31)26-39-22-27-13-5-1-6-14-27/h1-20,31-35H,21-26H2,(H3,37,38,44)/t31-,32?,33?,34-,35?/m1/s1. The van der Waals surface area contributed by atoms with Crippen molar-refractivity contribution >= 4 is 17.3 Å². The first-order valence-corrected chi connectivity index (χ1v) is 15.3. The molecule has 1 fully saturated rings. The van der Waals surface area contributed by atoms with Crippen LogP contribution in [0.1, 0.15) is 22.3 Å². The van der Waals surface area contributed by atoms with Gasteiger partial charge in [0.2, 0.25) is 0 Å². The molecule has 5 atom stereocenters. The van der Waals surface area contributed by atoms with E-state index in [0.29, 0.717) is 39.6 Å². The van der Waals surface area contributed by atoms with Gasteiger partial charge in [-0.1, -0.05) is 121 Å². The Morgan fingerprint density at radius 3 is 1.39 bits per heavy atom. The number of hydrogen-bond acceptors (Lipinski definition) is 6. The van der Waals surface area contributed by atoms with Crippen molar-refractivity contribution in [2.24, 2.45) is 5.73 Å². The van der Waals surface area contributed by atoms with E-state index in [1.807, 2.05) is 121 Å². The molecule has 1 aliphatic heterocycles. The minimum atomic E-state index is -0.494. The normalized spacial score (nSPS) is 21.5. The summed E-state index contributed by atoms with van der Waals surface area (Å²) < 4.78 is 33.0. The van der Waals surface area contributed by atoms with Gasteiger partial charge in [0.1, 0.15) is 30.5 Å². The Labute approximate surface area is 265 Å². The quantitative estimate of drug-likeness (QED) is 0.169. The van der Waals surface area contributed by atoms with Gasteiger partial charge in [-0.25, -0.2) is 0 Å². The maximum atomic E-state index is 6.73. The highest BCUT2D eigenvalue weighted by atomic mass is 32.1. The van der Waals surface area contributed by atoms with E-state index in [4.69, 9.17) is 41.6 Å². The van der Waals surface area contributed by atoms with Crippen LogP contribution in [0.5, 0.6) is 0 Å². The molecule has 0 aliphatic carbocycles. The maximum Gasteiger partial charge on any atom is 0.163 e. The van der Waals surface area contributed by atoms with Crippen LogP contribution in [0.2, 0.25) is 0 Å². The molecular formula is C36H40N2O5S. The molecule has 1 saturated heterocycles. The number of hydrogen-bond donors (Lipinski definition) is 2. The zero-order valence-electron chi connectivity index (χ0n) is 24.7. The van der Waals surface area contributed by atoms with Crippen LogP contribution < -0.4 is 11.1 Å². The minimum Gasteiger partial charge on any atom is -0.376 e. The monoisotopic (exact) mass is 612 g/mol. The largest absolute Gasteiger partial charge is 0.376 e. The van der Waals surface area contributed by atoms with E-state index in [1.165, 1.54) is 0 Å². The van der Waals surface area contributed by atoms with Crippen molar-refractivity contribution in [3.63, 3.8) is 0 Å². The van der Waals surface area contributed by atoms with Gasteiger partial charge in [-0.2, -0.15) is 0 Å². The predicted molar refractivity (Wildman–Crippen MR) is 175 cm³/mol. The molecule has 1 heterocycles. The fraction of sp³-hybridized carbons (Fsp3) is 0.306. The molecule has 4 aromatic carbocycles. The van der Waals surface area contributed by atoms with E-state index < -0.39 is 30.5 Å². The topological polar surface area (TPSA) is 84.2 Å². The summed E-state index contributed by atoms with van der Waals surface area (Å²) in [6.07, 6.45) is -2.36. The van der Waals surface area contributed by atoms with Crippen molar-refractivity contribution in [3.8, 4) is 0 Å². The van der Waals surface area contributed by atoms with Crippen LogP contribution in [0, 0.1) is 0 Å². The van der Waals surface area contributed by atoms with E-state index in [1.54, 1.807) is 0 Å². The second-order valence-electron chi connectivity index (χ2n) is 10.7. The molecule has 0 saturated carbocycles. The van der Waals surface area contributed by atoms with Crippen molar-refractivity contribution < 1.29 is 23.7 Å². The lowest BCUT2D eigenvalue weighted by atomic mass is 9.93. The van der Waals surface area contributed by atoms with Crippen LogP contribution >= 0.6 is 12.2 Å². The molecule has 0 aromatic heterocycles. The molecule has 4 aromatic rings. The van der Waals surface area contributed by atoms with Crippen LogP contribution in [0.15, 0.2) is 121 Å². The van der Waals surface area contributed by atoms with Gasteiger partial charge in [0, 0.05) is 6.54 Å². The highest BCUT2D eigenvalue weighted by molar-refractivity contribution is 7.80. The fourth-order valence-corrected chi connectivity index (χ4v) is 5.33. The first-order chi connectivity index (χ1) is 21.7. The highest BCUT2D eigenvalue weighted by Gasteiger charge is 2.48. The third-order valence-corrected chi connectivity index (χ3v) is 7.60. The molecule has 3 unspecified atom stereocenters. The summed E-state index contributed by atoms with van der Waals surface area (Å²) in [7, 11) is 0. The van der Waals surface area contributed by atoms with E-state index in [9.17, 15) is 0 Å². The van der Waals surface area contributed by atoms with E-state index in [-0.39, 0.29) is 5.11 Å². The second-order valence-corrected chi connectivity index (χ2v) is 11.2. The first kappa shape index (κ1) is 31.8. The Morgan fingerprint density at radius 1 is 0.568 bits per heavy atom. The van der Waals surface area contributed by atoms with E-state index in [0.717, 1.165) is 22.3 Å². The molecule has 5 rings (SSSR count). The van der Waals surface area contributed by atoms with Crippen molar-refractivity contribution in [3.05, 3.63) is 144 Å². The Morgan fingerprint density at radius 2 is 0.955 bits per heavy atom. The highest BCUT2D eigenvalue weighted by Crippen LogP contribution is 2.31. The molecule has 0 amide bonds. The average molecular weight is 613 g/mol. The van der Waals surface area contributed by atoms with Gasteiger partial charge in [-0.3, -0.25) is 0 Å². The van der Waals surface area contributed by atoms with Gasteiger partial charge in [0.05, 0.1) is 33.0 Å². The van der Waals surface area contributed by atoms with Crippen LogP contribution in [-0.2, 0) is 50.1 Å². The Hall–Kier alpha value is -3.63. The Balaban J connectivity index is 1.42. The number of nitrogens with one attached hydrogen (secondary N) is 1. The number of ether oxygens (including phenoxy) is 5. The third kappa shape index (κ3) is 9.69. The third-order valence-electron chi connectivity index (χ3n) is 7.46. The van der Waals surface area contributed by atoms with Crippen molar-refractivity contribution in [1.29, 1.82) is 0 Å². The molecule has 0 spiro atoms. The summed E-state index contributed by atoms with van der Waals surface area (Å²) in [5, 5.41) is 3.27. The number of nitrogens with two attached hydrogens (primary N) is 1. The van der Waals surface area contributed by atoms with Crippen LogP contribution in [0.3, 0.4) is 0 Å². The maximum absolute atomic E-state index is 6.73. The molecular weight excluding hydrogens is 572 g/mol. The molecule has 230 valence electrons. The lowest BCUT2D eigenvalue weighted by Gasteiger charge is -2.46. The van der Waals surface area contributed by atoms with Crippen LogP contribution in [0.25, 0.3) is 0 Å². The SMILES string of the molecule is NC(=S)NC[C@H]1OC(COCc2ccccc2)[C@@H](OCc2ccccc2)C(OCc2ccccc2)C1OCc1ccccc1. The number of benzene rings is 4. The molecule has 0 radical (unpaired) electrons. The van der Waals surface area contributed by atoms with Gasteiger partial charge < -0.3 is 34.7 Å². The molecule has 3 N–H and O–H groups in total. The zero-order chi connectivity index (χ0) is 30.4. The van der Waals surface area contributed by atoms with Crippen molar-refractivity contribution in [2.45, 2.75) is 56.9 Å². The number of rotatable bonds is 15. The van der Waals surface area contributed by atoms with Gasteiger partial charge in [0.25, 0.3) is 0 Å². The zero-order valence-corrected chi connectivity index (χ0v) is 25.5. The lowest BCUT2D eigenvalue weighted by Crippen LogP contribution is -2.63. The summed E-state index contributed by atoms with van der Waals surface area (Å²) >= 11 is 5.15. The van der Waals surface area contributed by atoms with E-state index >= 15 is 0 Å². The Kier molecular flexibility index (Phi) is 12.3. The predicted octanol–water partition coefficient (Wildman–Crippen LogP) is 5.56. The van der Waals surface area contributed by atoms with E-state index in [2.05, 4.69) is 5.32 Å². The summed E-state index contributed by atoms with van der Waals surface area (Å²) in [5.41, 5.74) is 10.1. The molecule has 8 heteroatoms. The van der Waals surface area contributed by atoms with Gasteiger partial charge in [-0.15, -0.1) is 0 Å². The smallest absolute Gasteiger partial charge is 0.163 e. The summed E-state index contributed by atoms with van der Waals surface area (Å²) in [6, 6.07) is 40.3. The average Bonchev–Trinajstić information content (AvgIpc) is 3.07. The number of thiocarbonyl (C=S) groups is 1. The Bertz CT molecular complexity index is 1380. The summed E-state index contributed by atoms with van der Waals surface area (Å²) in [6.45, 7) is 2.25. The molecule has 44 heavy (non-hydrogen) atoms. The molecule has 0 bridgehead atoms.